The van der Waals surface area contributed by atoms with Crippen molar-refractivity contribution in [1.29, 1.82) is 0 Å². The van der Waals surface area contributed by atoms with E-state index < -0.39 is 17.7 Å². The highest BCUT2D eigenvalue weighted by Gasteiger charge is 2.30. The van der Waals surface area contributed by atoms with E-state index in [4.69, 9.17) is 14.3 Å². The van der Waals surface area contributed by atoms with Gasteiger partial charge in [-0.1, -0.05) is 27.7 Å². The molecule has 1 unspecified atom stereocenters. The highest BCUT2D eigenvalue weighted by atomic mass is 16.7. The molecular weight excluding hydrogens is 324 g/mol. The largest absolute Gasteiger partial charge is 0.444 e. The molecule has 1 rings (SSSR count). The maximum absolute atomic E-state index is 12.2. The van der Waals surface area contributed by atoms with Crippen molar-refractivity contribution in [2.45, 2.75) is 85.5 Å². The van der Waals surface area contributed by atoms with E-state index in [1.54, 1.807) is 20.8 Å². The van der Waals surface area contributed by atoms with Crippen LogP contribution in [-0.2, 0) is 19.1 Å². The van der Waals surface area contributed by atoms with Gasteiger partial charge in [-0.15, -0.1) is 0 Å². The molecule has 0 spiro atoms. The first-order chi connectivity index (χ1) is 11.7. The van der Waals surface area contributed by atoms with Crippen LogP contribution >= 0.6 is 0 Å². The van der Waals surface area contributed by atoms with Crippen molar-refractivity contribution in [2.75, 3.05) is 20.8 Å². The smallest absolute Gasteiger partial charge is 0.408 e. The number of hydroxylamine groups is 2. The van der Waals surface area contributed by atoms with E-state index in [-0.39, 0.29) is 12.0 Å². The van der Waals surface area contributed by atoms with Gasteiger partial charge in [-0.25, -0.2) is 9.86 Å². The van der Waals surface area contributed by atoms with Crippen molar-refractivity contribution >= 4 is 12.0 Å². The van der Waals surface area contributed by atoms with E-state index in [9.17, 15) is 9.59 Å². The monoisotopic (exact) mass is 362 g/mol. The van der Waals surface area contributed by atoms with Gasteiger partial charge in [-0.3, -0.25) is 9.63 Å². The third-order valence-electron chi connectivity index (χ3n) is 3.10. The van der Waals surface area contributed by atoms with E-state index in [0.29, 0.717) is 13.0 Å². The van der Waals surface area contributed by atoms with Crippen molar-refractivity contribution in [1.82, 2.24) is 10.4 Å². The predicted molar refractivity (Wildman–Crippen MR) is 99.2 cm³/mol. The quantitative estimate of drug-likeness (QED) is 0.757. The van der Waals surface area contributed by atoms with Gasteiger partial charge in [0.25, 0.3) is 5.91 Å². The molecule has 150 valence electrons. The summed E-state index contributed by atoms with van der Waals surface area (Å²) in [6, 6.07) is -0.729. The summed E-state index contributed by atoms with van der Waals surface area (Å²) >= 11 is 0. The van der Waals surface area contributed by atoms with Crippen LogP contribution in [0.5, 0.6) is 0 Å². The predicted octanol–water partition coefficient (Wildman–Crippen LogP) is 3.52. The van der Waals surface area contributed by atoms with Gasteiger partial charge >= 0.3 is 6.09 Å². The van der Waals surface area contributed by atoms with Crippen LogP contribution < -0.4 is 5.32 Å². The molecule has 1 N–H and O–H groups in total. The zero-order chi connectivity index (χ0) is 20.0. The van der Waals surface area contributed by atoms with Crippen LogP contribution in [0.3, 0.4) is 0 Å². The molecule has 2 amide bonds. The Kier molecular flexibility index (Phi) is 14.4. The Balaban J connectivity index is 0. The molecule has 7 nitrogen and oxygen atoms in total. The molecular formula is C18H38N2O5. The van der Waals surface area contributed by atoms with Crippen molar-refractivity contribution in [3.05, 3.63) is 0 Å². The molecule has 7 heteroatoms. The standard InChI is InChI=1S/C14H26N2O5.2C2H6/c1-14(2,3)21-13(18)15-11(12(17)16(4)19-5)9-10-7-6-8-20-10;2*1-2/h10-11H,6-9H2,1-5H3,(H,15,18);2*1-2H3/t10?,11-;;/m0../s1. The summed E-state index contributed by atoms with van der Waals surface area (Å²) in [5.41, 5.74) is -0.616. The molecule has 0 aromatic heterocycles. The molecule has 0 radical (unpaired) electrons. The van der Waals surface area contributed by atoms with Crippen LogP contribution in [-0.4, -0.2) is 55.6 Å². The van der Waals surface area contributed by atoms with Gasteiger partial charge in [0.15, 0.2) is 0 Å². The first kappa shape index (κ1) is 25.9. The first-order valence-corrected chi connectivity index (χ1v) is 9.15. The van der Waals surface area contributed by atoms with Crippen LogP contribution in [0.15, 0.2) is 0 Å². The van der Waals surface area contributed by atoms with Crippen LogP contribution in [0.2, 0.25) is 0 Å². The maximum atomic E-state index is 12.2. The summed E-state index contributed by atoms with van der Waals surface area (Å²) in [5.74, 6) is -0.334. The average molecular weight is 363 g/mol. The number of carbonyl (C=O) groups excluding carboxylic acids is 2. The summed E-state index contributed by atoms with van der Waals surface area (Å²) in [6.45, 7) is 14.0. The fraction of sp³-hybridized carbons (Fsp3) is 0.889. The number of amides is 2. The van der Waals surface area contributed by atoms with Crippen molar-refractivity contribution in [3.63, 3.8) is 0 Å². The number of rotatable bonds is 5. The number of ether oxygens (including phenoxy) is 2. The number of hydrogen-bond acceptors (Lipinski definition) is 5. The lowest BCUT2D eigenvalue weighted by Gasteiger charge is -2.26. The van der Waals surface area contributed by atoms with Gasteiger partial charge in [0, 0.05) is 20.1 Å². The second-order valence-electron chi connectivity index (χ2n) is 6.09. The molecule has 0 saturated carbocycles. The van der Waals surface area contributed by atoms with Gasteiger partial charge in [-0.2, -0.15) is 0 Å². The average Bonchev–Trinajstić information content (AvgIpc) is 3.08. The Hall–Kier alpha value is -1.34. The normalized spacial score (nSPS) is 17.2. The summed E-state index contributed by atoms with van der Waals surface area (Å²) < 4.78 is 10.7. The highest BCUT2D eigenvalue weighted by Crippen LogP contribution is 2.18. The topological polar surface area (TPSA) is 77.1 Å². The number of likely N-dealkylation sites (N-methyl/N-ethyl adjacent to an activating group) is 1. The van der Waals surface area contributed by atoms with Gasteiger partial charge in [0.2, 0.25) is 0 Å². The minimum atomic E-state index is -0.729. The van der Waals surface area contributed by atoms with E-state index in [1.807, 2.05) is 27.7 Å². The summed E-state index contributed by atoms with van der Waals surface area (Å²) in [6.07, 6.45) is 1.61. The minimum absolute atomic E-state index is 0.0286. The van der Waals surface area contributed by atoms with Crippen molar-refractivity contribution in [3.8, 4) is 0 Å². The molecule has 25 heavy (non-hydrogen) atoms. The third-order valence-corrected chi connectivity index (χ3v) is 3.10. The lowest BCUT2D eigenvalue weighted by molar-refractivity contribution is -0.171. The third kappa shape index (κ3) is 11.8. The highest BCUT2D eigenvalue weighted by molar-refractivity contribution is 5.84. The summed E-state index contributed by atoms with van der Waals surface area (Å²) in [4.78, 5) is 29.0. The second-order valence-corrected chi connectivity index (χ2v) is 6.09. The van der Waals surface area contributed by atoms with E-state index in [2.05, 4.69) is 5.32 Å². The number of alkyl carbamates (subject to hydrolysis) is 1. The van der Waals surface area contributed by atoms with Crippen LogP contribution in [0.25, 0.3) is 0 Å². The van der Waals surface area contributed by atoms with Crippen LogP contribution in [0.1, 0.15) is 67.7 Å². The lowest BCUT2D eigenvalue weighted by Crippen LogP contribution is -2.49. The van der Waals surface area contributed by atoms with Gasteiger partial charge in [-0.05, 0) is 33.6 Å². The Morgan fingerprint density at radius 1 is 1.24 bits per heavy atom. The maximum Gasteiger partial charge on any atom is 0.408 e. The number of nitrogens with zero attached hydrogens (tertiary/aromatic N) is 1. The Bertz CT molecular complexity index is 363. The van der Waals surface area contributed by atoms with Crippen LogP contribution in [0, 0.1) is 0 Å². The van der Waals surface area contributed by atoms with Gasteiger partial charge < -0.3 is 14.8 Å². The zero-order valence-corrected chi connectivity index (χ0v) is 17.5. The SMILES string of the molecule is CC.CC.CON(C)C(=O)[C@H](CC1CCCO1)NC(=O)OC(C)(C)C. The number of carbonyl (C=O) groups is 2. The van der Waals surface area contributed by atoms with E-state index in [0.717, 1.165) is 17.9 Å². The molecule has 0 aromatic carbocycles. The fourth-order valence-corrected chi connectivity index (χ4v) is 2.07. The summed E-state index contributed by atoms with van der Waals surface area (Å²) in [7, 11) is 2.90. The zero-order valence-electron chi connectivity index (χ0n) is 17.5. The fourth-order valence-electron chi connectivity index (χ4n) is 2.07. The molecule has 0 bridgehead atoms. The molecule has 0 aliphatic carbocycles. The number of hydrogen-bond donors (Lipinski definition) is 1. The van der Waals surface area contributed by atoms with E-state index in [1.165, 1.54) is 14.2 Å². The molecule has 1 fully saturated rings. The first-order valence-electron chi connectivity index (χ1n) is 9.15. The minimum Gasteiger partial charge on any atom is -0.444 e. The second kappa shape index (κ2) is 13.9. The Labute approximate surface area is 153 Å². The molecule has 1 aliphatic rings. The molecule has 1 aliphatic heterocycles. The summed E-state index contributed by atoms with van der Waals surface area (Å²) in [5, 5.41) is 3.70. The molecule has 1 heterocycles. The Morgan fingerprint density at radius 3 is 2.20 bits per heavy atom. The van der Waals surface area contributed by atoms with Gasteiger partial charge in [0.05, 0.1) is 13.2 Å². The molecule has 1 saturated heterocycles. The molecule has 0 aromatic rings. The van der Waals surface area contributed by atoms with Crippen molar-refractivity contribution < 1.29 is 23.9 Å². The van der Waals surface area contributed by atoms with Gasteiger partial charge in [0.1, 0.15) is 11.6 Å². The molecule has 2 atom stereocenters. The Morgan fingerprint density at radius 2 is 1.80 bits per heavy atom. The number of nitrogens with one attached hydrogen (secondary N) is 1. The van der Waals surface area contributed by atoms with E-state index >= 15 is 0 Å². The van der Waals surface area contributed by atoms with Crippen molar-refractivity contribution in [2.24, 2.45) is 0 Å². The lowest BCUT2D eigenvalue weighted by atomic mass is 10.1. The van der Waals surface area contributed by atoms with Crippen LogP contribution in [0.4, 0.5) is 4.79 Å².